The van der Waals surface area contributed by atoms with Crippen LogP contribution >= 0.6 is 0 Å². The van der Waals surface area contributed by atoms with Gasteiger partial charge < -0.3 is 14.6 Å². The molecule has 0 atom stereocenters. The average Bonchev–Trinajstić information content (AvgIpc) is 3.27. The third-order valence-corrected chi connectivity index (χ3v) is 4.99. The van der Waals surface area contributed by atoms with Gasteiger partial charge in [-0.1, -0.05) is 53.7 Å². The lowest BCUT2D eigenvalue weighted by atomic mass is 10.1. The van der Waals surface area contributed by atoms with Crippen molar-refractivity contribution in [1.82, 2.24) is 15.5 Å². The number of pyridine rings is 1. The van der Waals surface area contributed by atoms with Crippen molar-refractivity contribution < 1.29 is 14.1 Å². The third kappa shape index (κ3) is 4.20. The molecule has 6 nitrogen and oxygen atoms in total. The van der Waals surface area contributed by atoms with Crippen LogP contribution in [0, 0.1) is 0 Å². The molecule has 1 N–H and O–H groups in total. The number of hydrogen-bond donors (Lipinski definition) is 1. The van der Waals surface area contributed by atoms with Gasteiger partial charge in [-0.15, -0.1) is 0 Å². The molecule has 32 heavy (non-hydrogen) atoms. The summed E-state index contributed by atoms with van der Waals surface area (Å²) in [6.45, 7) is 0.367. The van der Waals surface area contributed by atoms with Crippen LogP contribution in [0.1, 0.15) is 15.9 Å². The SMILES string of the molecule is O=C(NCc1cccc(Oc2ccccn2)c1)c1ccc2noc(-c3ccccc3)c2c1. The van der Waals surface area contributed by atoms with Crippen LogP contribution in [-0.4, -0.2) is 16.0 Å². The lowest BCUT2D eigenvalue weighted by Crippen LogP contribution is -2.22. The summed E-state index contributed by atoms with van der Waals surface area (Å²) in [5.74, 6) is 1.65. The molecule has 1 amide bonds. The second kappa shape index (κ2) is 8.73. The highest BCUT2D eigenvalue weighted by Gasteiger charge is 2.14. The third-order valence-electron chi connectivity index (χ3n) is 4.99. The van der Waals surface area contributed by atoms with Gasteiger partial charge in [-0.2, -0.15) is 0 Å². The summed E-state index contributed by atoms with van der Waals surface area (Å²) in [7, 11) is 0. The van der Waals surface area contributed by atoms with Crippen LogP contribution in [0.5, 0.6) is 11.6 Å². The van der Waals surface area contributed by atoms with Gasteiger partial charge in [-0.05, 0) is 42.0 Å². The number of carbonyl (C=O) groups is 1. The van der Waals surface area contributed by atoms with Crippen LogP contribution in [-0.2, 0) is 6.54 Å². The molecule has 0 saturated heterocycles. The van der Waals surface area contributed by atoms with Crippen molar-refractivity contribution in [3.63, 3.8) is 0 Å². The van der Waals surface area contributed by atoms with Gasteiger partial charge in [0, 0.05) is 29.9 Å². The zero-order valence-electron chi connectivity index (χ0n) is 17.1. The summed E-state index contributed by atoms with van der Waals surface area (Å²) in [5, 5.41) is 7.87. The minimum Gasteiger partial charge on any atom is -0.439 e. The standard InChI is InChI=1S/C26H19N3O3/c30-26(28-17-18-7-6-10-21(15-18)31-24-11-4-5-14-27-24)20-12-13-23-22(16-20)25(32-29-23)19-8-2-1-3-9-19/h1-16H,17H2,(H,28,30). The van der Waals surface area contributed by atoms with E-state index in [-0.39, 0.29) is 5.91 Å². The number of aromatic nitrogens is 2. The normalized spacial score (nSPS) is 10.8. The number of benzene rings is 3. The first-order chi connectivity index (χ1) is 15.8. The van der Waals surface area contributed by atoms with E-state index >= 15 is 0 Å². The summed E-state index contributed by atoms with van der Waals surface area (Å²) >= 11 is 0. The number of rotatable bonds is 6. The Bertz CT molecular complexity index is 1370. The van der Waals surface area contributed by atoms with Crippen molar-refractivity contribution in [1.29, 1.82) is 0 Å². The van der Waals surface area contributed by atoms with E-state index < -0.39 is 0 Å². The lowest BCUT2D eigenvalue weighted by molar-refractivity contribution is 0.0951. The average molecular weight is 421 g/mol. The summed E-state index contributed by atoms with van der Waals surface area (Å²) in [5.41, 5.74) is 3.08. The van der Waals surface area contributed by atoms with Crippen molar-refractivity contribution in [2.45, 2.75) is 6.54 Å². The van der Waals surface area contributed by atoms with Gasteiger partial charge in [-0.25, -0.2) is 4.98 Å². The molecular weight excluding hydrogens is 402 g/mol. The van der Waals surface area contributed by atoms with Gasteiger partial charge >= 0.3 is 0 Å². The highest BCUT2D eigenvalue weighted by molar-refractivity contribution is 6.00. The Hall–Kier alpha value is -4.45. The molecule has 6 heteroatoms. The van der Waals surface area contributed by atoms with E-state index in [9.17, 15) is 4.79 Å². The topological polar surface area (TPSA) is 77.2 Å². The zero-order chi connectivity index (χ0) is 21.8. The number of hydrogen-bond acceptors (Lipinski definition) is 5. The maximum atomic E-state index is 12.8. The number of fused-ring (bicyclic) bond motifs is 1. The van der Waals surface area contributed by atoms with Crippen LogP contribution in [0.3, 0.4) is 0 Å². The highest BCUT2D eigenvalue weighted by atomic mass is 16.5. The van der Waals surface area contributed by atoms with E-state index in [1.54, 1.807) is 24.4 Å². The molecular formula is C26H19N3O3. The smallest absolute Gasteiger partial charge is 0.251 e. The van der Waals surface area contributed by atoms with Gasteiger partial charge in [0.2, 0.25) is 5.88 Å². The van der Waals surface area contributed by atoms with Gasteiger partial charge in [0.05, 0.1) is 5.39 Å². The van der Waals surface area contributed by atoms with Crippen molar-refractivity contribution in [3.8, 4) is 23.0 Å². The fraction of sp³-hybridized carbons (Fsp3) is 0.0385. The Labute approximate surface area is 184 Å². The van der Waals surface area contributed by atoms with E-state index in [2.05, 4.69) is 15.5 Å². The van der Waals surface area contributed by atoms with Crippen LogP contribution < -0.4 is 10.1 Å². The van der Waals surface area contributed by atoms with Gasteiger partial charge in [0.15, 0.2) is 5.76 Å². The molecule has 156 valence electrons. The van der Waals surface area contributed by atoms with E-state index in [0.717, 1.165) is 16.5 Å². The maximum absolute atomic E-state index is 12.8. The first kappa shape index (κ1) is 19.5. The Morgan fingerprint density at radius 1 is 0.906 bits per heavy atom. The molecule has 0 aliphatic carbocycles. The molecule has 3 aromatic carbocycles. The largest absolute Gasteiger partial charge is 0.439 e. The molecule has 0 saturated carbocycles. The van der Waals surface area contributed by atoms with Crippen molar-refractivity contribution in [3.05, 3.63) is 108 Å². The maximum Gasteiger partial charge on any atom is 0.251 e. The molecule has 2 aromatic heterocycles. The number of amides is 1. The summed E-state index contributed by atoms with van der Waals surface area (Å²) in [4.78, 5) is 17.0. The first-order valence-corrected chi connectivity index (χ1v) is 10.2. The van der Waals surface area contributed by atoms with Gasteiger partial charge in [-0.3, -0.25) is 4.79 Å². The monoisotopic (exact) mass is 421 g/mol. The molecule has 0 spiro atoms. The van der Waals surface area contributed by atoms with Crippen molar-refractivity contribution in [2.75, 3.05) is 0 Å². The summed E-state index contributed by atoms with van der Waals surface area (Å²) < 4.78 is 11.3. The molecule has 0 aliphatic rings. The number of ether oxygens (including phenoxy) is 1. The van der Waals surface area contributed by atoms with Gasteiger partial charge in [0.1, 0.15) is 11.3 Å². The second-order valence-electron chi connectivity index (χ2n) is 7.21. The van der Waals surface area contributed by atoms with E-state index in [1.807, 2.05) is 72.8 Å². The zero-order valence-corrected chi connectivity index (χ0v) is 17.1. The molecule has 0 fully saturated rings. The predicted octanol–water partition coefficient (Wildman–Crippen LogP) is 5.61. The Balaban J connectivity index is 1.31. The number of nitrogens with zero attached hydrogens (tertiary/aromatic N) is 2. The van der Waals surface area contributed by atoms with E-state index in [4.69, 9.17) is 9.26 Å². The summed E-state index contributed by atoms with van der Waals surface area (Å²) in [6, 6.07) is 28.1. The minimum absolute atomic E-state index is 0.178. The van der Waals surface area contributed by atoms with Crippen LogP contribution in [0.4, 0.5) is 0 Å². The summed E-state index contributed by atoms with van der Waals surface area (Å²) in [6.07, 6.45) is 1.68. The molecule has 0 radical (unpaired) electrons. The molecule has 5 aromatic rings. The van der Waals surface area contributed by atoms with Crippen LogP contribution in [0.2, 0.25) is 0 Å². The molecule has 5 rings (SSSR count). The van der Waals surface area contributed by atoms with Crippen LogP contribution in [0.25, 0.3) is 22.2 Å². The molecule has 0 bridgehead atoms. The minimum atomic E-state index is -0.178. The van der Waals surface area contributed by atoms with Crippen molar-refractivity contribution >= 4 is 16.8 Å². The highest BCUT2D eigenvalue weighted by Crippen LogP contribution is 2.29. The number of nitrogens with one attached hydrogen (secondary N) is 1. The molecule has 0 unspecified atom stereocenters. The molecule has 2 heterocycles. The molecule has 0 aliphatic heterocycles. The predicted molar refractivity (Wildman–Crippen MR) is 121 cm³/mol. The Kier molecular flexibility index (Phi) is 5.32. The van der Waals surface area contributed by atoms with Crippen molar-refractivity contribution in [2.24, 2.45) is 0 Å². The fourth-order valence-corrected chi connectivity index (χ4v) is 3.41. The number of carbonyl (C=O) groups excluding carboxylic acids is 1. The first-order valence-electron chi connectivity index (χ1n) is 10.2. The quantitative estimate of drug-likeness (QED) is 0.385. The van der Waals surface area contributed by atoms with E-state index in [0.29, 0.717) is 35.0 Å². The Morgan fingerprint density at radius 2 is 1.78 bits per heavy atom. The lowest BCUT2D eigenvalue weighted by Gasteiger charge is -2.08. The van der Waals surface area contributed by atoms with Crippen LogP contribution in [0.15, 0.2) is 102 Å². The van der Waals surface area contributed by atoms with E-state index in [1.165, 1.54) is 0 Å². The second-order valence-corrected chi connectivity index (χ2v) is 7.21. The Morgan fingerprint density at radius 3 is 2.62 bits per heavy atom. The fourth-order valence-electron chi connectivity index (χ4n) is 3.41. The van der Waals surface area contributed by atoms with Gasteiger partial charge in [0.25, 0.3) is 5.91 Å².